The van der Waals surface area contributed by atoms with Gasteiger partial charge in [-0.3, -0.25) is 4.79 Å². The molecule has 22 heavy (non-hydrogen) atoms. The van der Waals surface area contributed by atoms with Gasteiger partial charge in [-0.15, -0.1) is 0 Å². The summed E-state index contributed by atoms with van der Waals surface area (Å²) in [4.78, 5) is 26.2. The van der Waals surface area contributed by atoms with E-state index < -0.39 is 6.04 Å². The Morgan fingerprint density at radius 1 is 1.32 bits per heavy atom. The largest absolute Gasteiger partial charge is 0.361 e. The normalized spacial score (nSPS) is 12.2. The van der Waals surface area contributed by atoms with E-state index in [2.05, 4.69) is 10.3 Å². The van der Waals surface area contributed by atoms with Gasteiger partial charge in [-0.1, -0.05) is 18.2 Å². The summed E-state index contributed by atoms with van der Waals surface area (Å²) in [5.74, 6) is -0.0878. The van der Waals surface area contributed by atoms with Crippen LogP contribution in [0, 0.1) is 0 Å². The summed E-state index contributed by atoms with van der Waals surface area (Å²) in [6.45, 7) is 0.611. The number of amides is 1. The molecule has 0 aliphatic heterocycles. The second kappa shape index (κ2) is 8.34. The fraction of sp³-hybridized carbons (Fsp3) is 0.412. The van der Waals surface area contributed by atoms with Crippen LogP contribution in [0.4, 0.5) is 0 Å². The fourth-order valence-electron chi connectivity index (χ4n) is 2.55. The van der Waals surface area contributed by atoms with Crippen molar-refractivity contribution in [2.24, 2.45) is 5.73 Å². The van der Waals surface area contributed by atoms with Crippen molar-refractivity contribution in [3.8, 4) is 0 Å². The van der Waals surface area contributed by atoms with Crippen LogP contribution in [0.2, 0.25) is 0 Å². The molecule has 118 valence electrons. The molecule has 0 fully saturated rings. The predicted molar refractivity (Wildman–Crippen MR) is 87.5 cm³/mol. The van der Waals surface area contributed by atoms with E-state index in [1.54, 1.807) is 0 Å². The van der Waals surface area contributed by atoms with E-state index >= 15 is 0 Å². The van der Waals surface area contributed by atoms with Gasteiger partial charge in [0.05, 0.1) is 6.04 Å². The maximum Gasteiger partial charge on any atom is 0.220 e. The molecule has 5 nitrogen and oxygen atoms in total. The minimum Gasteiger partial charge on any atom is -0.361 e. The lowest BCUT2D eigenvalue weighted by Crippen LogP contribution is -2.36. The van der Waals surface area contributed by atoms with Gasteiger partial charge in [-0.2, -0.15) is 0 Å². The first-order chi connectivity index (χ1) is 10.7. The Balaban J connectivity index is 1.83. The van der Waals surface area contributed by atoms with Crippen LogP contribution in [-0.4, -0.2) is 29.8 Å². The molecular weight excluding hydrogens is 278 g/mol. The number of carbonyl (C=O) groups excluding carboxylic acids is 2. The molecule has 0 saturated heterocycles. The second-order valence-electron chi connectivity index (χ2n) is 5.45. The van der Waals surface area contributed by atoms with Crippen molar-refractivity contribution in [1.82, 2.24) is 10.3 Å². The average Bonchev–Trinajstić information content (AvgIpc) is 2.95. The molecule has 5 heteroatoms. The number of H-pyrrole nitrogens is 1. The molecular formula is C17H23N3O2. The lowest BCUT2D eigenvalue weighted by atomic mass is 10.1. The molecule has 4 N–H and O–H groups in total. The smallest absolute Gasteiger partial charge is 0.220 e. The van der Waals surface area contributed by atoms with Crippen molar-refractivity contribution >= 4 is 23.1 Å². The average molecular weight is 301 g/mol. The molecule has 1 amide bonds. The number of aldehydes is 1. The van der Waals surface area contributed by atoms with Gasteiger partial charge in [0.1, 0.15) is 6.29 Å². The van der Waals surface area contributed by atoms with Crippen molar-refractivity contribution in [1.29, 1.82) is 0 Å². The van der Waals surface area contributed by atoms with Gasteiger partial charge >= 0.3 is 0 Å². The Kier molecular flexibility index (Phi) is 6.15. The Morgan fingerprint density at radius 2 is 2.14 bits per heavy atom. The monoisotopic (exact) mass is 301 g/mol. The van der Waals surface area contributed by atoms with E-state index in [9.17, 15) is 9.59 Å². The topological polar surface area (TPSA) is 88.0 Å². The highest BCUT2D eigenvalue weighted by Gasteiger charge is 2.12. The lowest BCUT2D eigenvalue weighted by molar-refractivity contribution is -0.124. The van der Waals surface area contributed by atoms with Crippen LogP contribution < -0.4 is 11.1 Å². The second-order valence-corrected chi connectivity index (χ2v) is 5.45. The molecule has 2 aromatic rings. The first-order valence-electron chi connectivity index (χ1n) is 7.74. The van der Waals surface area contributed by atoms with Crippen molar-refractivity contribution in [2.75, 3.05) is 6.54 Å². The van der Waals surface area contributed by atoms with Gasteiger partial charge in [-0.05, 0) is 43.9 Å². The van der Waals surface area contributed by atoms with Crippen LogP contribution in [0.5, 0.6) is 0 Å². The molecule has 0 aliphatic rings. The standard InChI is InChI=1S/C17H23N3O2/c18-10-4-3-5-14(12-21)20-17(22)9-8-13-11-19-16-7-2-1-6-15(13)16/h1-2,6-7,11-12,14,19H,3-5,8-10,18H2,(H,20,22). The van der Waals surface area contributed by atoms with Crippen LogP contribution in [0.25, 0.3) is 10.9 Å². The van der Waals surface area contributed by atoms with Crippen molar-refractivity contribution in [3.05, 3.63) is 36.0 Å². The van der Waals surface area contributed by atoms with Crippen LogP contribution in [0.1, 0.15) is 31.2 Å². The molecule has 1 atom stereocenters. The van der Waals surface area contributed by atoms with E-state index in [0.717, 1.165) is 35.6 Å². The lowest BCUT2D eigenvalue weighted by Gasteiger charge is -2.12. The highest BCUT2D eigenvalue weighted by atomic mass is 16.2. The summed E-state index contributed by atoms with van der Waals surface area (Å²) >= 11 is 0. The van der Waals surface area contributed by atoms with E-state index in [4.69, 9.17) is 5.73 Å². The summed E-state index contributed by atoms with van der Waals surface area (Å²) in [5, 5.41) is 3.92. The molecule has 1 heterocycles. The number of aryl methyl sites for hydroxylation is 1. The van der Waals surface area contributed by atoms with E-state index in [1.165, 1.54) is 0 Å². The van der Waals surface area contributed by atoms with E-state index in [-0.39, 0.29) is 5.91 Å². The molecule has 0 saturated carbocycles. The van der Waals surface area contributed by atoms with Crippen LogP contribution in [0.15, 0.2) is 30.5 Å². The number of aromatic nitrogens is 1. The van der Waals surface area contributed by atoms with Crippen LogP contribution >= 0.6 is 0 Å². The molecule has 2 rings (SSSR count). The minimum atomic E-state index is -0.401. The minimum absolute atomic E-state index is 0.0878. The highest BCUT2D eigenvalue weighted by Crippen LogP contribution is 2.18. The van der Waals surface area contributed by atoms with Gasteiger partial charge in [0.25, 0.3) is 0 Å². The third-order valence-corrected chi connectivity index (χ3v) is 3.78. The molecule has 0 radical (unpaired) electrons. The third kappa shape index (κ3) is 4.43. The number of unbranched alkanes of at least 4 members (excludes halogenated alkanes) is 1. The maximum absolute atomic E-state index is 12.0. The van der Waals surface area contributed by atoms with E-state index in [1.807, 2.05) is 30.5 Å². The number of hydrogen-bond acceptors (Lipinski definition) is 3. The number of hydrogen-bond donors (Lipinski definition) is 3. The number of nitrogens with one attached hydrogen (secondary N) is 2. The maximum atomic E-state index is 12.0. The van der Waals surface area contributed by atoms with Crippen LogP contribution in [-0.2, 0) is 16.0 Å². The van der Waals surface area contributed by atoms with E-state index in [0.29, 0.717) is 25.8 Å². The Hall–Kier alpha value is -2.14. The van der Waals surface area contributed by atoms with Gasteiger partial charge in [0, 0.05) is 23.5 Å². The zero-order chi connectivity index (χ0) is 15.8. The number of rotatable bonds is 9. The number of carbonyl (C=O) groups is 2. The number of para-hydroxylation sites is 1. The van der Waals surface area contributed by atoms with Gasteiger partial charge < -0.3 is 20.8 Å². The predicted octanol–water partition coefficient (Wildman–Crippen LogP) is 1.91. The molecule has 0 bridgehead atoms. The van der Waals surface area contributed by atoms with Crippen LogP contribution in [0.3, 0.4) is 0 Å². The summed E-state index contributed by atoms with van der Waals surface area (Å²) in [6.07, 6.45) is 6.15. The van der Waals surface area contributed by atoms with Gasteiger partial charge in [-0.25, -0.2) is 0 Å². The van der Waals surface area contributed by atoms with Crippen molar-refractivity contribution in [2.45, 2.75) is 38.1 Å². The molecule has 1 unspecified atom stereocenters. The number of benzene rings is 1. The molecule has 0 spiro atoms. The Labute approximate surface area is 130 Å². The Morgan fingerprint density at radius 3 is 2.91 bits per heavy atom. The summed E-state index contributed by atoms with van der Waals surface area (Å²) in [5.41, 5.74) is 7.62. The number of fused-ring (bicyclic) bond motifs is 1. The molecule has 1 aromatic carbocycles. The highest BCUT2D eigenvalue weighted by molar-refractivity contribution is 5.84. The number of nitrogens with two attached hydrogens (primary N) is 1. The summed E-state index contributed by atoms with van der Waals surface area (Å²) in [6, 6.07) is 7.62. The SMILES string of the molecule is NCCCCC(C=O)NC(=O)CCc1c[nH]c2ccccc12. The summed E-state index contributed by atoms with van der Waals surface area (Å²) < 4.78 is 0. The fourth-order valence-corrected chi connectivity index (χ4v) is 2.55. The quantitative estimate of drug-likeness (QED) is 0.488. The van der Waals surface area contributed by atoms with Gasteiger partial charge in [0.15, 0.2) is 0 Å². The first kappa shape index (κ1) is 16.2. The number of aromatic amines is 1. The third-order valence-electron chi connectivity index (χ3n) is 3.78. The zero-order valence-electron chi connectivity index (χ0n) is 12.7. The van der Waals surface area contributed by atoms with Crippen molar-refractivity contribution < 1.29 is 9.59 Å². The zero-order valence-corrected chi connectivity index (χ0v) is 12.7. The van der Waals surface area contributed by atoms with Crippen molar-refractivity contribution in [3.63, 3.8) is 0 Å². The molecule has 0 aliphatic carbocycles. The van der Waals surface area contributed by atoms with Gasteiger partial charge in [0.2, 0.25) is 5.91 Å². The summed E-state index contributed by atoms with van der Waals surface area (Å²) in [7, 11) is 0. The first-order valence-corrected chi connectivity index (χ1v) is 7.74. The Bertz CT molecular complexity index is 621. The molecule has 1 aromatic heterocycles.